The lowest BCUT2D eigenvalue weighted by atomic mass is 10.1. The van der Waals surface area contributed by atoms with E-state index in [1.807, 2.05) is 31.2 Å². The topological polar surface area (TPSA) is 54.5 Å². The largest absolute Gasteiger partial charge is 0.289 e. The maximum Gasteiger partial charge on any atom is 0.242 e. The Morgan fingerprint density at radius 1 is 0.957 bits per heavy atom. The summed E-state index contributed by atoms with van der Waals surface area (Å²) in [4.78, 5) is 12.3. The van der Waals surface area contributed by atoms with Gasteiger partial charge in [0.1, 0.15) is 0 Å². The van der Waals surface area contributed by atoms with E-state index in [1.54, 1.807) is 6.08 Å². The monoisotopic (exact) mass is 329 g/mol. The van der Waals surface area contributed by atoms with Gasteiger partial charge in [-0.1, -0.05) is 35.9 Å². The Morgan fingerprint density at radius 3 is 2.04 bits per heavy atom. The molecule has 0 aliphatic carbocycles. The summed E-state index contributed by atoms with van der Waals surface area (Å²) in [7, 11) is -0.533. The molecular weight excluding hydrogens is 310 g/mol. The predicted octanol–water partition coefficient (Wildman–Crippen LogP) is 3.14. The average molecular weight is 329 g/mol. The molecule has 2 aromatic rings. The summed E-state index contributed by atoms with van der Waals surface area (Å²) in [5.41, 5.74) is 2.55. The fourth-order valence-corrected chi connectivity index (χ4v) is 2.85. The fraction of sp³-hybridized carbons (Fsp3) is 0.167. The minimum Gasteiger partial charge on any atom is -0.289 e. The molecular formula is C18H19NO3S. The molecule has 0 radical (unpaired) electrons. The van der Waals surface area contributed by atoms with Gasteiger partial charge in [0.15, 0.2) is 5.78 Å². The second kappa shape index (κ2) is 6.89. The van der Waals surface area contributed by atoms with Gasteiger partial charge >= 0.3 is 0 Å². The normalized spacial score (nSPS) is 12.0. The van der Waals surface area contributed by atoms with Crippen LogP contribution in [-0.4, -0.2) is 32.6 Å². The highest BCUT2D eigenvalue weighted by atomic mass is 32.2. The van der Waals surface area contributed by atoms with Crippen molar-refractivity contribution in [1.82, 2.24) is 4.31 Å². The molecule has 0 N–H and O–H groups in total. The molecule has 0 aliphatic heterocycles. The number of allylic oxidation sites excluding steroid dienone is 1. The Hall–Kier alpha value is -2.24. The predicted molar refractivity (Wildman–Crippen MR) is 91.9 cm³/mol. The molecule has 2 aromatic carbocycles. The minimum atomic E-state index is -3.47. The highest BCUT2D eigenvalue weighted by Gasteiger charge is 2.17. The number of nitrogens with zero attached hydrogens (tertiary/aromatic N) is 1. The summed E-state index contributed by atoms with van der Waals surface area (Å²) in [6.45, 7) is 2.00. The first kappa shape index (κ1) is 17.1. The van der Waals surface area contributed by atoms with Crippen molar-refractivity contribution in [3.8, 4) is 0 Å². The smallest absolute Gasteiger partial charge is 0.242 e. The molecule has 0 aliphatic rings. The minimum absolute atomic E-state index is 0.167. The molecule has 0 heterocycles. The van der Waals surface area contributed by atoms with Crippen LogP contribution in [0.15, 0.2) is 59.5 Å². The van der Waals surface area contributed by atoms with Gasteiger partial charge in [-0.25, -0.2) is 12.7 Å². The van der Waals surface area contributed by atoms with Gasteiger partial charge in [-0.15, -0.1) is 0 Å². The van der Waals surface area contributed by atoms with Crippen LogP contribution in [0, 0.1) is 6.92 Å². The van der Waals surface area contributed by atoms with Crippen LogP contribution in [0.25, 0.3) is 6.08 Å². The molecule has 23 heavy (non-hydrogen) atoms. The van der Waals surface area contributed by atoms with E-state index >= 15 is 0 Å². The summed E-state index contributed by atoms with van der Waals surface area (Å²) in [5.74, 6) is -0.167. The van der Waals surface area contributed by atoms with Crippen LogP contribution in [0.5, 0.6) is 0 Å². The van der Waals surface area contributed by atoms with Crippen LogP contribution in [0.2, 0.25) is 0 Å². The Bertz CT molecular complexity index is 818. The highest BCUT2D eigenvalue weighted by Crippen LogP contribution is 2.15. The van der Waals surface area contributed by atoms with E-state index in [-0.39, 0.29) is 10.7 Å². The van der Waals surface area contributed by atoms with Crippen LogP contribution >= 0.6 is 0 Å². The summed E-state index contributed by atoms with van der Waals surface area (Å²) >= 11 is 0. The van der Waals surface area contributed by atoms with E-state index in [4.69, 9.17) is 0 Å². The van der Waals surface area contributed by atoms with E-state index in [9.17, 15) is 13.2 Å². The molecule has 0 spiro atoms. The third kappa shape index (κ3) is 4.15. The van der Waals surface area contributed by atoms with Crippen molar-refractivity contribution in [1.29, 1.82) is 0 Å². The molecule has 0 fully saturated rings. The van der Waals surface area contributed by atoms with Gasteiger partial charge in [-0.3, -0.25) is 4.79 Å². The van der Waals surface area contributed by atoms with E-state index in [0.717, 1.165) is 15.4 Å². The van der Waals surface area contributed by atoms with Gasteiger partial charge in [-0.05, 0) is 42.8 Å². The molecule has 4 nitrogen and oxygen atoms in total. The number of rotatable bonds is 5. The number of hydrogen-bond acceptors (Lipinski definition) is 3. The number of carbonyl (C=O) groups excluding carboxylic acids is 1. The molecule has 2 rings (SSSR count). The number of hydrogen-bond donors (Lipinski definition) is 0. The SMILES string of the molecule is Cc1ccc(/C=C/C(=O)c2ccc(S(=O)(=O)N(C)C)cc2)cc1. The summed E-state index contributed by atoms with van der Waals surface area (Å²) < 4.78 is 25.1. The van der Waals surface area contributed by atoms with Crippen molar-refractivity contribution in [3.63, 3.8) is 0 Å². The first-order chi connectivity index (χ1) is 10.8. The van der Waals surface area contributed by atoms with Crippen LogP contribution in [0.3, 0.4) is 0 Å². The molecule has 0 saturated heterocycles. The third-order valence-corrected chi connectivity index (χ3v) is 5.25. The van der Waals surface area contributed by atoms with Crippen molar-refractivity contribution in [3.05, 3.63) is 71.3 Å². The van der Waals surface area contributed by atoms with Gasteiger partial charge in [0.2, 0.25) is 10.0 Å². The summed E-state index contributed by atoms with van der Waals surface area (Å²) in [6.07, 6.45) is 3.23. The van der Waals surface area contributed by atoms with Crippen LogP contribution < -0.4 is 0 Å². The fourth-order valence-electron chi connectivity index (χ4n) is 1.95. The van der Waals surface area contributed by atoms with E-state index in [1.165, 1.54) is 44.4 Å². The van der Waals surface area contributed by atoms with Gasteiger partial charge in [0, 0.05) is 19.7 Å². The third-order valence-electron chi connectivity index (χ3n) is 3.42. The Balaban J connectivity index is 2.16. The molecule has 0 saturated carbocycles. The lowest BCUT2D eigenvalue weighted by Crippen LogP contribution is -2.22. The first-order valence-electron chi connectivity index (χ1n) is 7.12. The van der Waals surface area contributed by atoms with Crippen molar-refractivity contribution in [2.45, 2.75) is 11.8 Å². The maximum atomic E-state index is 12.1. The number of aryl methyl sites for hydroxylation is 1. The second-order valence-corrected chi connectivity index (χ2v) is 7.57. The van der Waals surface area contributed by atoms with Gasteiger partial charge < -0.3 is 0 Å². The standard InChI is InChI=1S/C18H19NO3S/c1-14-4-6-15(7-5-14)8-13-18(20)16-9-11-17(12-10-16)23(21,22)19(2)3/h4-13H,1-3H3/b13-8+. The van der Waals surface area contributed by atoms with E-state index < -0.39 is 10.0 Å². The lowest BCUT2D eigenvalue weighted by molar-refractivity contribution is 0.104. The zero-order valence-electron chi connectivity index (χ0n) is 13.4. The summed E-state index contributed by atoms with van der Waals surface area (Å²) in [5, 5.41) is 0. The first-order valence-corrected chi connectivity index (χ1v) is 8.56. The number of sulfonamides is 1. The van der Waals surface area contributed by atoms with Crippen molar-refractivity contribution >= 4 is 21.9 Å². The second-order valence-electron chi connectivity index (χ2n) is 5.42. The van der Waals surface area contributed by atoms with Crippen LogP contribution in [0.4, 0.5) is 0 Å². The van der Waals surface area contributed by atoms with Crippen LogP contribution in [0.1, 0.15) is 21.5 Å². The van der Waals surface area contributed by atoms with Gasteiger partial charge in [-0.2, -0.15) is 0 Å². The van der Waals surface area contributed by atoms with Crippen molar-refractivity contribution < 1.29 is 13.2 Å². The molecule has 0 bridgehead atoms. The van der Waals surface area contributed by atoms with Gasteiger partial charge in [0.25, 0.3) is 0 Å². The van der Waals surface area contributed by atoms with E-state index in [0.29, 0.717) is 5.56 Å². The number of carbonyl (C=O) groups is 1. The molecule has 0 atom stereocenters. The van der Waals surface area contributed by atoms with Crippen LogP contribution in [-0.2, 0) is 10.0 Å². The molecule has 120 valence electrons. The highest BCUT2D eigenvalue weighted by molar-refractivity contribution is 7.89. The Kier molecular flexibility index (Phi) is 5.13. The quantitative estimate of drug-likeness (QED) is 0.625. The van der Waals surface area contributed by atoms with Crippen molar-refractivity contribution in [2.75, 3.05) is 14.1 Å². The average Bonchev–Trinajstić information content (AvgIpc) is 2.54. The zero-order chi connectivity index (χ0) is 17.0. The zero-order valence-corrected chi connectivity index (χ0v) is 14.2. The Morgan fingerprint density at radius 2 is 1.52 bits per heavy atom. The maximum absolute atomic E-state index is 12.1. The number of benzene rings is 2. The molecule has 0 amide bonds. The van der Waals surface area contributed by atoms with Crippen molar-refractivity contribution in [2.24, 2.45) is 0 Å². The van der Waals surface area contributed by atoms with Gasteiger partial charge in [0.05, 0.1) is 4.90 Å². The lowest BCUT2D eigenvalue weighted by Gasteiger charge is -2.11. The molecule has 0 unspecified atom stereocenters. The van der Waals surface area contributed by atoms with E-state index in [2.05, 4.69) is 0 Å². The molecule has 0 aromatic heterocycles. The summed E-state index contributed by atoms with van der Waals surface area (Å²) in [6, 6.07) is 13.8. The number of ketones is 1. The Labute approximate surface area is 137 Å². The molecule has 5 heteroatoms.